The van der Waals surface area contributed by atoms with Crippen LogP contribution in [0, 0.1) is 12.7 Å². The number of anilines is 1. The summed E-state index contributed by atoms with van der Waals surface area (Å²) in [6.07, 6.45) is 4.89. The number of hydrogen-bond donors (Lipinski definition) is 2. The van der Waals surface area contributed by atoms with Gasteiger partial charge in [-0.05, 0) is 101 Å². The van der Waals surface area contributed by atoms with Crippen molar-refractivity contribution in [3.05, 3.63) is 71.2 Å². The van der Waals surface area contributed by atoms with Gasteiger partial charge in [-0.2, -0.15) is 0 Å². The number of carbonyl (C=O) groups is 1. The molecule has 42 heavy (non-hydrogen) atoms. The fraction of sp³-hybridized carbons (Fsp3) is 0.424. The first kappa shape index (κ1) is 28.3. The lowest BCUT2D eigenvalue weighted by Gasteiger charge is -2.32. The van der Waals surface area contributed by atoms with Crippen molar-refractivity contribution in [2.75, 3.05) is 25.5 Å². The van der Waals surface area contributed by atoms with Gasteiger partial charge in [-0.25, -0.2) is 14.4 Å². The summed E-state index contributed by atoms with van der Waals surface area (Å²) in [5, 5.41) is 13.5. The zero-order valence-electron chi connectivity index (χ0n) is 24.7. The second kappa shape index (κ2) is 11.1. The van der Waals surface area contributed by atoms with Crippen LogP contribution in [0.2, 0.25) is 0 Å². The van der Waals surface area contributed by atoms with E-state index < -0.39 is 17.3 Å². The van der Waals surface area contributed by atoms with Gasteiger partial charge in [-0.1, -0.05) is 18.2 Å². The number of hydrogen-bond acceptors (Lipinski definition) is 6. The fourth-order valence-electron chi connectivity index (χ4n) is 6.09. The summed E-state index contributed by atoms with van der Waals surface area (Å²) >= 11 is 0. The number of amides is 1. The number of carbonyl (C=O) groups excluding carboxylic acids is 1. The van der Waals surface area contributed by atoms with Gasteiger partial charge in [0.05, 0.1) is 35.9 Å². The first-order chi connectivity index (χ1) is 20.1. The van der Waals surface area contributed by atoms with Crippen LogP contribution in [-0.4, -0.2) is 62.3 Å². The monoisotopic (exact) mass is 571 g/mol. The van der Waals surface area contributed by atoms with Gasteiger partial charge in [0.25, 0.3) is 5.91 Å². The number of halogens is 1. The molecule has 220 valence electrons. The van der Waals surface area contributed by atoms with Gasteiger partial charge < -0.3 is 19.3 Å². The number of rotatable bonds is 8. The number of methoxy groups -OCH3 is 1. The lowest BCUT2D eigenvalue weighted by atomic mass is 9.89. The molecule has 2 aromatic heterocycles. The van der Waals surface area contributed by atoms with E-state index in [-0.39, 0.29) is 23.8 Å². The quantitative estimate of drug-likeness (QED) is 0.273. The molecule has 2 fully saturated rings. The molecule has 2 N–H and O–H groups in total. The lowest BCUT2D eigenvalue weighted by Crippen LogP contribution is -2.34. The summed E-state index contributed by atoms with van der Waals surface area (Å²) in [6.45, 7) is 7.57. The summed E-state index contributed by atoms with van der Waals surface area (Å²) in [5.74, 6) is -0.210. The Labute approximate surface area is 245 Å². The molecule has 4 aromatic rings. The zero-order chi connectivity index (χ0) is 29.6. The molecule has 0 bridgehead atoms. The highest BCUT2D eigenvalue weighted by atomic mass is 19.1. The molecule has 3 heterocycles. The Morgan fingerprint density at radius 2 is 1.83 bits per heavy atom. The molecular weight excluding hydrogens is 533 g/mol. The topological polar surface area (TPSA) is 92.5 Å². The van der Waals surface area contributed by atoms with E-state index in [2.05, 4.69) is 27.3 Å². The van der Waals surface area contributed by atoms with Gasteiger partial charge in [0.15, 0.2) is 5.82 Å². The van der Waals surface area contributed by atoms with E-state index >= 15 is 4.39 Å². The maximum Gasteiger partial charge on any atom is 0.261 e. The van der Waals surface area contributed by atoms with E-state index in [1.165, 1.54) is 31.6 Å². The van der Waals surface area contributed by atoms with Crippen LogP contribution < -0.4 is 10.1 Å². The average Bonchev–Trinajstić information content (AvgIpc) is 3.77. The molecule has 8 nitrogen and oxygen atoms in total. The van der Waals surface area contributed by atoms with Gasteiger partial charge in [0.2, 0.25) is 5.95 Å². The third-order valence-electron chi connectivity index (χ3n) is 8.30. The summed E-state index contributed by atoms with van der Waals surface area (Å²) in [5.41, 5.74) is 2.54. The third kappa shape index (κ3) is 5.76. The Hall–Kier alpha value is -3.82. The molecule has 0 atom stereocenters. The second-order valence-electron chi connectivity index (χ2n) is 12.3. The fourth-order valence-corrected chi connectivity index (χ4v) is 6.09. The van der Waals surface area contributed by atoms with Crippen LogP contribution in [0.25, 0.3) is 22.3 Å². The minimum Gasteiger partial charge on any atom is -0.496 e. The maximum atomic E-state index is 15.9. The Kier molecular flexibility index (Phi) is 7.49. The molecule has 2 aromatic carbocycles. The Bertz CT molecular complexity index is 1630. The number of likely N-dealkylation sites (tertiary alicyclic amines) is 1. The third-order valence-corrected chi connectivity index (χ3v) is 8.30. The number of para-hydroxylation sites is 1. The normalized spacial score (nSPS) is 16.6. The summed E-state index contributed by atoms with van der Waals surface area (Å²) in [7, 11) is 1.51. The van der Waals surface area contributed by atoms with Crippen LogP contribution in [0.1, 0.15) is 67.1 Å². The number of piperidine rings is 1. The first-order valence-electron chi connectivity index (χ1n) is 14.7. The van der Waals surface area contributed by atoms with E-state index in [4.69, 9.17) is 9.72 Å². The number of ether oxygens (including phenoxy) is 1. The molecule has 2 aliphatic rings. The van der Waals surface area contributed by atoms with Crippen LogP contribution in [0.4, 0.5) is 10.3 Å². The van der Waals surface area contributed by atoms with Crippen molar-refractivity contribution in [1.29, 1.82) is 0 Å². The van der Waals surface area contributed by atoms with Crippen LogP contribution in [0.15, 0.2) is 48.5 Å². The molecule has 1 aliphatic heterocycles. The molecule has 0 radical (unpaired) electrons. The van der Waals surface area contributed by atoms with E-state index in [0.717, 1.165) is 43.0 Å². The van der Waals surface area contributed by atoms with Crippen LogP contribution in [-0.2, 0) is 6.54 Å². The molecule has 1 aliphatic carbocycles. The van der Waals surface area contributed by atoms with E-state index in [1.54, 1.807) is 49.6 Å². The number of aryl methyl sites for hydroxylation is 1. The van der Waals surface area contributed by atoms with Gasteiger partial charge >= 0.3 is 0 Å². The highest BCUT2D eigenvalue weighted by Crippen LogP contribution is 2.36. The Balaban J connectivity index is 1.32. The lowest BCUT2D eigenvalue weighted by molar-refractivity contribution is 0.0630. The summed E-state index contributed by atoms with van der Waals surface area (Å²) < 4.78 is 23.1. The molecular formula is C33H38FN5O3. The SMILES string of the molecule is COc1ccccc1-c1nc(C)cc(C(=O)Nc2nc3cc(C4CCN(C5CC5)CC4)ccc3n2CC(C)(C)O)c1F. The highest BCUT2D eigenvalue weighted by molar-refractivity contribution is 6.05. The number of aliphatic hydroxyl groups is 1. The van der Waals surface area contributed by atoms with Crippen molar-refractivity contribution in [2.45, 2.75) is 70.6 Å². The molecule has 0 unspecified atom stereocenters. The van der Waals surface area contributed by atoms with Gasteiger partial charge in [0, 0.05) is 17.3 Å². The molecule has 1 saturated heterocycles. The Morgan fingerprint density at radius 3 is 2.52 bits per heavy atom. The van der Waals surface area contributed by atoms with Gasteiger partial charge in [-0.15, -0.1) is 0 Å². The van der Waals surface area contributed by atoms with E-state index in [0.29, 0.717) is 22.9 Å². The number of pyridine rings is 1. The van der Waals surface area contributed by atoms with Crippen molar-refractivity contribution in [2.24, 2.45) is 0 Å². The van der Waals surface area contributed by atoms with E-state index in [9.17, 15) is 9.90 Å². The minimum atomic E-state index is -1.07. The van der Waals surface area contributed by atoms with Gasteiger partial charge in [0.1, 0.15) is 11.4 Å². The summed E-state index contributed by atoms with van der Waals surface area (Å²) in [4.78, 5) is 25.4. The van der Waals surface area contributed by atoms with Crippen molar-refractivity contribution >= 4 is 22.9 Å². The smallest absolute Gasteiger partial charge is 0.261 e. The second-order valence-corrected chi connectivity index (χ2v) is 12.3. The largest absolute Gasteiger partial charge is 0.496 e. The molecule has 6 rings (SSSR count). The predicted octanol–water partition coefficient (Wildman–Crippen LogP) is 5.92. The number of aromatic nitrogens is 3. The summed E-state index contributed by atoms with van der Waals surface area (Å²) in [6, 6.07) is 15.5. The zero-order valence-corrected chi connectivity index (χ0v) is 24.7. The van der Waals surface area contributed by atoms with Crippen molar-refractivity contribution in [3.63, 3.8) is 0 Å². The Morgan fingerprint density at radius 1 is 1.10 bits per heavy atom. The van der Waals surface area contributed by atoms with Crippen LogP contribution in [0.5, 0.6) is 5.75 Å². The molecule has 0 spiro atoms. The van der Waals surface area contributed by atoms with Crippen molar-refractivity contribution < 1.29 is 19.0 Å². The standard InChI is InChI=1S/C33H38FN5O3/c1-20-17-25(29(34)30(35-20)24-7-5-6-8-28(24)42-4)31(40)37-32-36-26-18-22(9-12-27(26)39(32)19-33(2,3)41)21-13-15-38(16-14-21)23-10-11-23/h5-9,12,17-18,21,23,41H,10-11,13-16,19H2,1-4H3,(H,36,37,40). The van der Waals surface area contributed by atoms with Crippen molar-refractivity contribution in [1.82, 2.24) is 19.4 Å². The molecule has 9 heteroatoms. The number of fused-ring (bicyclic) bond motifs is 1. The predicted molar refractivity (Wildman–Crippen MR) is 161 cm³/mol. The minimum absolute atomic E-state index is 0.0416. The molecule has 1 amide bonds. The first-order valence-corrected chi connectivity index (χ1v) is 14.7. The van der Waals surface area contributed by atoms with Crippen LogP contribution >= 0.6 is 0 Å². The van der Waals surface area contributed by atoms with Gasteiger partial charge in [-0.3, -0.25) is 10.1 Å². The average molecular weight is 572 g/mol. The maximum absolute atomic E-state index is 15.9. The number of benzene rings is 2. The number of nitrogens with one attached hydrogen (secondary N) is 1. The van der Waals surface area contributed by atoms with Crippen molar-refractivity contribution in [3.8, 4) is 17.0 Å². The number of imidazole rings is 1. The molecule has 1 saturated carbocycles. The highest BCUT2D eigenvalue weighted by Gasteiger charge is 2.32. The van der Waals surface area contributed by atoms with E-state index in [1.807, 2.05) is 6.07 Å². The number of nitrogens with zero attached hydrogens (tertiary/aromatic N) is 4. The van der Waals surface area contributed by atoms with Crippen LogP contribution in [0.3, 0.4) is 0 Å².